The smallest absolute Gasteiger partial charge is 0.130 e. The first-order valence-corrected chi connectivity index (χ1v) is 15.9. The van der Waals surface area contributed by atoms with Gasteiger partial charge in [0.1, 0.15) is 23.4 Å². The molecule has 0 radical (unpaired) electrons. The molecule has 2 aliphatic rings. The van der Waals surface area contributed by atoms with Crippen molar-refractivity contribution in [2.45, 2.75) is 66.4 Å². The minimum absolute atomic E-state index is 0.236. The lowest BCUT2D eigenvalue weighted by Gasteiger charge is -2.31. The highest BCUT2D eigenvalue weighted by Crippen LogP contribution is 2.24. The Labute approximate surface area is 258 Å². The van der Waals surface area contributed by atoms with Gasteiger partial charge >= 0.3 is 0 Å². The third kappa shape index (κ3) is 12.0. The predicted octanol–water partition coefficient (Wildman–Crippen LogP) is 7.35. The van der Waals surface area contributed by atoms with E-state index in [-0.39, 0.29) is 6.10 Å². The maximum atomic E-state index is 6.58. The number of nitrogens with zero attached hydrogens (tertiary/aromatic N) is 3. The average molecular weight is 599 g/mol. The molecule has 0 aliphatic carbocycles. The second-order valence-electron chi connectivity index (χ2n) is 9.36. The number of rotatable bonds is 12. The van der Waals surface area contributed by atoms with Crippen molar-refractivity contribution in [2.75, 3.05) is 56.6 Å². The van der Waals surface area contributed by atoms with Gasteiger partial charge in [-0.25, -0.2) is 4.98 Å². The predicted molar refractivity (Wildman–Crippen MR) is 178 cm³/mol. The number of ether oxygens (including phenoxy) is 2. The lowest BCUT2D eigenvalue weighted by atomic mass is 10.1. The van der Waals surface area contributed by atoms with Crippen LogP contribution in [0.1, 0.15) is 66.0 Å². The van der Waals surface area contributed by atoms with Crippen molar-refractivity contribution >= 4 is 28.8 Å². The van der Waals surface area contributed by atoms with Crippen molar-refractivity contribution in [1.29, 1.82) is 0 Å². The Bertz CT molecular complexity index is 1090. The van der Waals surface area contributed by atoms with E-state index in [1.807, 2.05) is 45.9 Å². The quantitative estimate of drug-likeness (QED) is 0.173. The van der Waals surface area contributed by atoms with Crippen molar-refractivity contribution in [1.82, 2.24) is 20.2 Å². The first kappa shape index (κ1) is 35.1. The number of pyridine rings is 2. The lowest BCUT2D eigenvalue weighted by Crippen LogP contribution is -2.35. The molecule has 4 heterocycles. The molecule has 3 N–H and O–H groups in total. The van der Waals surface area contributed by atoms with Crippen LogP contribution in [0.5, 0.6) is 0 Å². The largest absolute Gasteiger partial charge is 0.495 e. The van der Waals surface area contributed by atoms with Crippen molar-refractivity contribution in [3.05, 3.63) is 77.6 Å². The van der Waals surface area contributed by atoms with Gasteiger partial charge in [-0.05, 0) is 62.7 Å². The van der Waals surface area contributed by atoms with Gasteiger partial charge in [-0.15, -0.1) is 0 Å². The fourth-order valence-corrected chi connectivity index (χ4v) is 4.65. The summed E-state index contributed by atoms with van der Waals surface area (Å²) in [6.07, 6.45) is 11.9. The van der Waals surface area contributed by atoms with E-state index >= 15 is 0 Å². The van der Waals surface area contributed by atoms with Gasteiger partial charge in [0.25, 0.3) is 0 Å². The zero-order valence-electron chi connectivity index (χ0n) is 26.2. The molecule has 2 fully saturated rings. The number of anilines is 2. The van der Waals surface area contributed by atoms with Crippen LogP contribution in [-0.2, 0) is 9.47 Å². The summed E-state index contributed by atoms with van der Waals surface area (Å²) >= 11 is 5.96. The molecule has 0 unspecified atom stereocenters. The fourth-order valence-electron chi connectivity index (χ4n) is 4.54. The molecule has 4 rings (SSSR count). The molecule has 2 aliphatic heterocycles. The Kier molecular flexibility index (Phi) is 17.4. The maximum Gasteiger partial charge on any atom is 0.130 e. The van der Waals surface area contributed by atoms with Crippen molar-refractivity contribution in [2.24, 2.45) is 0 Å². The summed E-state index contributed by atoms with van der Waals surface area (Å²) < 4.78 is 12.2. The molecule has 0 spiro atoms. The first-order valence-electron chi connectivity index (χ1n) is 15.5. The van der Waals surface area contributed by atoms with Gasteiger partial charge in [-0.3, -0.25) is 4.98 Å². The summed E-state index contributed by atoms with van der Waals surface area (Å²) in [5.74, 6) is 1.67. The number of hydrogen-bond acceptors (Lipinski definition) is 8. The third-order valence-corrected chi connectivity index (χ3v) is 6.71. The van der Waals surface area contributed by atoms with E-state index in [0.717, 1.165) is 82.2 Å². The van der Waals surface area contributed by atoms with E-state index in [0.29, 0.717) is 23.1 Å². The molecular weight excluding hydrogens is 548 g/mol. The molecule has 0 atom stereocenters. The monoisotopic (exact) mass is 598 g/mol. The van der Waals surface area contributed by atoms with Crippen molar-refractivity contribution in [3.8, 4) is 0 Å². The van der Waals surface area contributed by atoms with Crippen LogP contribution in [0, 0.1) is 0 Å². The minimum atomic E-state index is 0.236. The van der Waals surface area contributed by atoms with E-state index in [4.69, 9.17) is 21.1 Å². The molecule has 42 heavy (non-hydrogen) atoms. The van der Waals surface area contributed by atoms with Crippen LogP contribution in [0.2, 0.25) is 5.02 Å². The molecule has 8 nitrogen and oxygen atoms in total. The van der Waals surface area contributed by atoms with E-state index < -0.39 is 0 Å². The number of piperidine rings is 1. The molecule has 9 heteroatoms. The van der Waals surface area contributed by atoms with Gasteiger partial charge in [0, 0.05) is 44.1 Å². The Morgan fingerprint density at radius 1 is 1.14 bits per heavy atom. The number of nitrogens with one attached hydrogen (secondary N) is 3. The van der Waals surface area contributed by atoms with Crippen LogP contribution in [-0.4, -0.2) is 66.9 Å². The molecule has 0 bridgehead atoms. The normalized spacial score (nSPS) is 15.9. The zero-order chi connectivity index (χ0) is 30.6. The Hall–Kier alpha value is -3.07. The second kappa shape index (κ2) is 20.8. The van der Waals surface area contributed by atoms with Crippen molar-refractivity contribution < 1.29 is 9.47 Å². The van der Waals surface area contributed by atoms with E-state index in [1.165, 1.54) is 5.70 Å². The molecular formula is C33H51ClN6O2. The van der Waals surface area contributed by atoms with Gasteiger partial charge in [-0.1, -0.05) is 58.9 Å². The first-order chi connectivity index (χ1) is 20.6. The molecule has 2 aromatic rings. The Morgan fingerprint density at radius 2 is 1.88 bits per heavy atom. The van der Waals surface area contributed by atoms with E-state index in [2.05, 4.69) is 56.5 Å². The van der Waals surface area contributed by atoms with Crippen LogP contribution in [0.4, 0.5) is 11.5 Å². The van der Waals surface area contributed by atoms with Gasteiger partial charge in [0.05, 0.1) is 29.6 Å². The van der Waals surface area contributed by atoms with E-state index in [1.54, 1.807) is 18.5 Å². The Morgan fingerprint density at radius 3 is 2.55 bits per heavy atom. The number of allylic oxidation sites excluding steroid dienone is 2. The molecule has 0 amide bonds. The van der Waals surface area contributed by atoms with Crippen molar-refractivity contribution in [3.63, 3.8) is 0 Å². The highest BCUT2D eigenvalue weighted by Gasteiger charge is 2.18. The maximum absolute atomic E-state index is 6.58. The highest BCUT2D eigenvalue weighted by molar-refractivity contribution is 6.30. The Balaban J connectivity index is 0.00000148. The molecule has 0 aromatic carbocycles. The summed E-state index contributed by atoms with van der Waals surface area (Å²) in [4.78, 5) is 11.3. The van der Waals surface area contributed by atoms with Crippen LogP contribution in [0.25, 0.3) is 5.70 Å². The molecule has 2 aromatic heterocycles. The van der Waals surface area contributed by atoms with Gasteiger partial charge in [-0.2, -0.15) is 0 Å². The highest BCUT2D eigenvalue weighted by atomic mass is 35.5. The second-order valence-corrected chi connectivity index (χ2v) is 9.79. The zero-order valence-corrected chi connectivity index (χ0v) is 27.0. The summed E-state index contributed by atoms with van der Waals surface area (Å²) in [6, 6.07) is 7.53. The number of morpholine rings is 1. The van der Waals surface area contributed by atoms with Crippen LogP contribution in [0.3, 0.4) is 0 Å². The van der Waals surface area contributed by atoms with Gasteiger partial charge in [0.2, 0.25) is 0 Å². The van der Waals surface area contributed by atoms with Crippen LogP contribution >= 0.6 is 11.6 Å². The molecule has 2 saturated heterocycles. The third-order valence-electron chi connectivity index (χ3n) is 6.49. The number of hydrogen-bond donors (Lipinski definition) is 3. The molecule has 232 valence electrons. The minimum Gasteiger partial charge on any atom is -0.495 e. The van der Waals surface area contributed by atoms with Gasteiger partial charge in [0.15, 0.2) is 0 Å². The van der Waals surface area contributed by atoms with Gasteiger partial charge < -0.3 is 30.3 Å². The summed E-state index contributed by atoms with van der Waals surface area (Å²) in [7, 11) is 0. The summed E-state index contributed by atoms with van der Waals surface area (Å²) in [6.45, 7) is 20.4. The topological polar surface area (TPSA) is 83.6 Å². The fraction of sp³-hybridized carbons (Fsp3) is 0.515. The molecule has 0 saturated carbocycles. The van der Waals surface area contributed by atoms with E-state index in [9.17, 15) is 0 Å². The summed E-state index contributed by atoms with van der Waals surface area (Å²) in [5, 5.41) is 10.8. The standard InChI is InChI=1S/C29H39ClN6O2.2C2H6/c1-3-5-24(36-16-18-37-19-17-36)20-26(38-25-9-13-31-14-10-25)11-15-32-27-6-4-12-33-29(27)22(2)35-28-8-7-23(30)21-34-28;2*1-2/h4-8,12,20-21,25,31-32H,2-3,9-11,13-19H2,1H3,(H,34,35);2*1-2H3/b24-5+,26-20+;;. The average Bonchev–Trinajstić information content (AvgIpc) is 3.05. The summed E-state index contributed by atoms with van der Waals surface area (Å²) in [5.41, 5.74) is 3.52. The van der Waals surface area contributed by atoms with Crippen LogP contribution < -0.4 is 16.0 Å². The number of aromatic nitrogens is 2. The number of halogens is 1. The lowest BCUT2D eigenvalue weighted by molar-refractivity contribution is 0.0538. The van der Waals surface area contributed by atoms with Crippen LogP contribution in [0.15, 0.2) is 66.8 Å². The SMILES string of the molecule is C=C(Nc1ccc(Cl)cn1)c1ncccc1NCC/C(=C\C(=C/CC)N1CCOCC1)OC1CCNCC1.CC.CC.